The fraction of sp³-hybridized carbons (Fsp3) is 0. The lowest BCUT2D eigenvalue weighted by Gasteiger charge is -2.04. The minimum absolute atomic E-state index is 0.393. The highest BCUT2D eigenvalue weighted by Crippen LogP contribution is 2.43. The molecule has 1 amide bonds. The molecule has 0 saturated heterocycles. The van der Waals surface area contributed by atoms with Crippen molar-refractivity contribution in [1.82, 2.24) is 4.98 Å². The number of rotatable bonds is 3. The van der Waals surface area contributed by atoms with Gasteiger partial charge in [0.15, 0.2) is 0 Å². The summed E-state index contributed by atoms with van der Waals surface area (Å²) in [5.74, 6) is 0.393. The largest absolute Gasteiger partial charge is 0.411 e. The quantitative estimate of drug-likeness (QED) is 0.709. The highest BCUT2D eigenvalue weighted by atomic mass is 79.9. The number of carbonyl (C=O) groups is 1. The van der Waals surface area contributed by atoms with Crippen LogP contribution in [-0.4, -0.2) is 11.1 Å². The fourth-order valence-electron chi connectivity index (χ4n) is 1.78. The third-order valence-corrected chi connectivity index (χ3v) is 5.18. The number of H-pyrrole nitrogens is 1. The van der Waals surface area contributed by atoms with Gasteiger partial charge in [-0.05, 0) is 29.6 Å². The number of thiophene rings is 1. The van der Waals surface area contributed by atoms with Crippen LogP contribution in [0.1, 0.15) is 0 Å². The number of fused-ring (bicyclic) bond motifs is 1. The Morgan fingerprint density at radius 2 is 2.25 bits per heavy atom. The van der Waals surface area contributed by atoms with Crippen molar-refractivity contribution in [2.24, 2.45) is 5.73 Å². The van der Waals surface area contributed by atoms with Gasteiger partial charge < -0.3 is 15.5 Å². The molecule has 3 aromatic rings. The molecule has 0 fully saturated rings. The average molecular weight is 369 g/mol. The summed E-state index contributed by atoms with van der Waals surface area (Å²) in [6, 6.07) is 9.86. The van der Waals surface area contributed by atoms with E-state index < -0.39 is 6.09 Å². The van der Waals surface area contributed by atoms with Gasteiger partial charge in [0.25, 0.3) is 0 Å². The second kappa shape index (κ2) is 5.51. The Balaban J connectivity index is 2.03. The van der Waals surface area contributed by atoms with Crippen molar-refractivity contribution < 1.29 is 9.53 Å². The predicted octanol–water partition coefficient (Wildman–Crippen LogP) is 4.60. The molecule has 0 atom stereocenters. The smallest absolute Gasteiger partial charge is 0.392 e. The van der Waals surface area contributed by atoms with Gasteiger partial charge >= 0.3 is 6.09 Å². The standard InChI is InChI=1S/C13H9BrN2O2S2/c14-7-2-1-3-8(6-7)20-11-10-9(4-5-19-10)16-12(11)18-13(15)17/h1-6,16H,(H2,15,17). The number of nitrogens with two attached hydrogens (primary N) is 1. The fourth-order valence-corrected chi connectivity index (χ4v) is 4.34. The van der Waals surface area contributed by atoms with Crippen LogP contribution < -0.4 is 10.5 Å². The van der Waals surface area contributed by atoms with Gasteiger partial charge in [0.05, 0.1) is 15.1 Å². The Kier molecular flexibility index (Phi) is 3.73. The van der Waals surface area contributed by atoms with Crippen LogP contribution in [0.2, 0.25) is 0 Å². The molecule has 0 aliphatic rings. The maximum absolute atomic E-state index is 11.0. The summed E-state index contributed by atoms with van der Waals surface area (Å²) in [5, 5.41) is 1.99. The number of nitrogens with one attached hydrogen (secondary N) is 1. The summed E-state index contributed by atoms with van der Waals surface area (Å²) in [5.41, 5.74) is 6.04. The van der Waals surface area contributed by atoms with Crippen molar-refractivity contribution >= 4 is 55.3 Å². The molecule has 2 heterocycles. The van der Waals surface area contributed by atoms with Crippen LogP contribution in [0.4, 0.5) is 4.79 Å². The summed E-state index contributed by atoms with van der Waals surface area (Å²) in [6.07, 6.45) is -0.824. The van der Waals surface area contributed by atoms with Gasteiger partial charge in [0.1, 0.15) is 0 Å². The van der Waals surface area contributed by atoms with Gasteiger partial charge in [0.2, 0.25) is 5.88 Å². The van der Waals surface area contributed by atoms with Crippen LogP contribution in [0.25, 0.3) is 10.2 Å². The minimum Gasteiger partial charge on any atom is -0.392 e. The van der Waals surface area contributed by atoms with Crippen LogP contribution in [-0.2, 0) is 0 Å². The number of hydrogen-bond donors (Lipinski definition) is 2. The molecule has 0 saturated carbocycles. The number of carbonyl (C=O) groups excluding carboxylic acids is 1. The predicted molar refractivity (Wildman–Crippen MR) is 84.7 cm³/mol. The second-order valence-corrected chi connectivity index (χ2v) is 6.84. The van der Waals surface area contributed by atoms with Crippen molar-refractivity contribution in [1.29, 1.82) is 0 Å². The Hall–Kier alpha value is -1.44. The first-order valence-electron chi connectivity index (χ1n) is 5.63. The molecule has 1 aromatic carbocycles. The SMILES string of the molecule is NC(=O)Oc1[nH]c2ccsc2c1Sc1cccc(Br)c1. The maximum Gasteiger partial charge on any atom is 0.411 e. The van der Waals surface area contributed by atoms with Gasteiger partial charge in [-0.15, -0.1) is 11.3 Å². The van der Waals surface area contributed by atoms with E-state index in [0.717, 1.165) is 24.5 Å². The Bertz CT molecular complexity index is 782. The van der Waals surface area contributed by atoms with Crippen molar-refractivity contribution in [3.63, 3.8) is 0 Å². The normalized spacial score (nSPS) is 10.8. The molecule has 7 heteroatoms. The van der Waals surface area contributed by atoms with Crippen molar-refractivity contribution in [3.8, 4) is 5.88 Å². The Morgan fingerprint density at radius 1 is 1.40 bits per heavy atom. The topological polar surface area (TPSA) is 68.1 Å². The zero-order valence-corrected chi connectivity index (χ0v) is 13.3. The van der Waals surface area contributed by atoms with Crippen LogP contribution in [0.3, 0.4) is 0 Å². The van der Waals surface area contributed by atoms with Crippen LogP contribution in [0.5, 0.6) is 5.88 Å². The molecular formula is C13H9BrN2O2S2. The number of primary amides is 1. The lowest BCUT2D eigenvalue weighted by molar-refractivity contribution is 0.208. The molecule has 20 heavy (non-hydrogen) atoms. The summed E-state index contributed by atoms with van der Waals surface area (Å²) in [7, 11) is 0. The molecule has 4 nitrogen and oxygen atoms in total. The summed E-state index contributed by atoms with van der Waals surface area (Å²) in [4.78, 5) is 16.0. The average Bonchev–Trinajstić information content (AvgIpc) is 2.93. The number of amides is 1. The lowest BCUT2D eigenvalue weighted by atomic mass is 10.4. The van der Waals surface area contributed by atoms with E-state index in [1.165, 1.54) is 11.8 Å². The molecule has 0 radical (unpaired) electrons. The summed E-state index contributed by atoms with van der Waals surface area (Å²) >= 11 is 6.56. The lowest BCUT2D eigenvalue weighted by Crippen LogP contribution is -2.16. The van der Waals surface area contributed by atoms with Gasteiger partial charge in [-0.2, -0.15) is 0 Å². The molecular weight excluding hydrogens is 360 g/mol. The first-order chi connectivity index (χ1) is 9.63. The number of ether oxygens (including phenoxy) is 1. The Labute approximate surface area is 131 Å². The first kappa shape index (κ1) is 13.5. The van der Waals surface area contributed by atoms with E-state index in [1.54, 1.807) is 11.3 Å². The third-order valence-electron chi connectivity index (χ3n) is 2.54. The van der Waals surface area contributed by atoms with E-state index in [4.69, 9.17) is 10.5 Å². The van der Waals surface area contributed by atoms with Crippen LogP contribution in [0.15, 0.2) is 50.0 Å². The number of benzene rings is 1. The van der Waals surface area contributed by atoms with E-state index in [0.29, 0.717) is 5.88 Å². The molecule has 0 aliphatic carbocycles. The van der Waals surface area contributed by atoms with E-state index in [2.05, 4.69) is 20.9 Å². The van der Waals surface area contributed by atoms with E-state index in [9.17, 15) is 4.79 Å². The molecule has 0 spiro atoms. The van der Waals surface area contributed by atoms with Crippen molar-refractivity contribution in [2.45, 2.75) is 9.79 Å². The van der Waals surface area contributed by atoms with Crippen LogP contribution in [0, 0.1) is 0 Å². The molecule has 3 N–H and O–H groups in total. The maximum atomic E-state index is 11.0. The molecule has 2 aromatic heterocycles. The van der Waals surface area contributed by atoms with E-state index in [-0.39, 0.29) is 0 Å². The van der Waals surface area contributed by atoms with E-state index in [1.807, 2.05) is 35.7 Å². The number of hydrogen-bond acceptors (Lipinski definition) is 4. The van der Waals surface area contributed by atoms with Gasteiger partial charge in [-0.3, -0.25) is 0 Å². The molecule has 3 rings (SSSR count). The number of aromatic amines is 1. The monoisotopic (exact) mass is 368 g/mol. The molecule has 0 aliphatic heterocycles. The molecule has 102 valence electrons. The van der Waals surface area contributed by atoms with Crippen molar-refractivity contribution in [2.75, 3.05) is 0 Å². The highest BCUT2D eigenvalue weighted by molar-refractivity contribution is 9.10. The first-order valence-corrected chi connectivity index (χ1v) is 8.12. The van der Waals surface area contributed by atoms with Gasteiger partial charge in [0, 0.05) is 9.37 Å². The molecule has 0 unspecified atom stereocenters. The summed E-state index contributed by atoms with van der Waals surface area (Å²) in [6.45, 7) is 0. The second-order valence-electron chi connectivity index (χ2n) is 3.93. The van der Waals surface area contributed by atoms with Crippen molar-refractivity contribution in [3.05, 3.63) is 40.2 Å². The Morgan fingerprint density at radius 3 is 3.00 bits per heavy atom. The summed E-state index contributed by atoms with van der Waals surface area (Å²) < 4.78 is 7.09. The number of halogens is 1. The van der Waals surface area contributed by atoms with E-state index >= 15 is 0 Å². The minimum atomic E-state index is -0.824. The zero-order chi connectivity index (χ0) is 14.1. The zero-order valence-electron chi connectivity index (χ0n) is 10.1. The third kappa shape index (κ3) is 2.70. The van der Waals surface area contributed by atoms with Crippen LogP contribution >= 0.6 is 39.0 Å². The van der Waals surface area contributed by atoms with Gasteiger partial charge in [-0.1, -0.05) is 33.8 Å². The number of aromatic nitrogens is 1. The highest BCUT2D eigenvalue weighted by Gasteiger charge is 2.17. The molecule has 0 bridgehead atoms. The van der Waals surface area contributed by atoms with Gasteiger partial charge in [-0.25, -0.2) is 4.79 Å².